The molecule has 94 heavy (non-hydrogen) atoms. The largest absolute Gasteiger partial charge is 0.472 e. The summed E-state index contributed by atoms with van der Waals surface area (Å²) in [5, 5.41) is 14.0. The molecule has 9 heteroatoms. The smallest absolute Gasteiger partial charge is 0.387 e. The van der Waals surface area contributed by atoms with Gasteiger partial charge in [0, 0.05) is 6.42 Å². The summed E-state index contributed by atoms with van der Waals surface area (Å²) in [5.74, 6) is -0.176. The summed E-state index contributed by atoms with van der Waals surface area (Å²) >= 11 is 0. The van der Waals surface area contributed by atoms with Crippen LogP contribution in [-0.2, 0) is 18.4 Å². The van der Waals surface area contributed by atoms with E-state index in [4.69, 9.17) is 9.05 Å². The number of aliphatic hydroxyl groups excluding tert-OH is 1. The Hall–Kier alpha value is -1.02. The van der Waals surface area contributed by atoms with E-state index in [1.807, 2.05) is 27.2 Å². The van der Waals surface area contributed by atoms with Crippen molar-refractivity contribution in [1.29, 1.82) is 0 Å². The molecule has 0 radical (unpaired) electrons. The van der Waals surface area contributed by atoms with Crippen molar-refractivity contribution in [3.63, 3.8) is 0 Å². The molecule has 0 heterocycles. The van der Waals surface area contributed by atoms with Gasteiger partial charge in [0.15, 0.2) is 0 Å². The van der Waals surface area contributed by atoms with Gasteiger partial charge in [0.25, 0.3) is 0 Å². The number of amides is 1. The average molecular weight is 1350 g/mol. The summed E-state index contributed by atoms with van der Waals surface area (Å²) in [5.41, 5.74) is 0. The van der Waals surface area contributed by atoms with Gasteiger partial charge < -0.3 is 19.8 Å². The maximum Gasteiger partial charge on any atom is 0.472 e. The number of likely N-dealkylation sites (N-methyl/N-ethyl adjacent to an activating group) is 1. The maximum atomic E-state index is 13.1. The van der Waals surface area contributed by atoms with Crippen LogP contribution in [0.3, 0.4) is 0 Å². The van der Waals surface area contributed by atoms with Crippen LogP contribution in [0.2, 0.25) is 0 Å². The number of carbonyl (C=O) groups excluding carboxylic acids is 1. The second-order valence-corrected chi connectivity index (χ2v) is 32.4. The van der Waals surface area contributed by atoms with Gasteiger partial charge in [-0.05, 0) is 32.1 Å². The molecule has 0 saturated carbocycles. The minimum absolute atomic E-state index is 0.0593. The predicted octanol–water partition coefficient (Wildman–Crippen LogP) is 28.1. The van der Waals surface area contributed by atoms with E-state index in [0.29, 0.717) is 17.4 Å². The zero-order valence-corrected chi connectivity index (χ0v) is 65.4. The van der Waals surface area contributed by atoms with Gasteiger partial charge in [-0.3, -0.25) is 13.8 Å². The van der Waals surface area contributed by atoms with Crippen molar-refractivity contribution in [3.05, 3.63) is 24.3 Å². The number of hydrogen-bond donors (Lipinski definition) is 3. The lowest BCUT2D eigenvalue weighted by Gasteiger charge is -2.25. The molecule has 0 rings (SSSR count). The Morgan fingerprint density at radius 3 is 0.851 bits per heavy atom. The number of phosphoric acid groups is 1. The van der Waals surface area contributed by atoms with Gasteiger partial charge in [-0.2, -0.15) is 0 Å². The van der Waals surface area contributed by atoms with Crippen molar-refractivity contribution in [2.45, 2.75) is 475 Å². The summed E-state index contributed by atoms with van der Waals surface area (Å²) in [6, 6.07) is -0.863. The quantitative estimate of drug-likeness (QED) is 0.0243. The first-order valence-corrected chi connectivity index (χ1v) is 44.2. The standard InChI is InChI=1S/C85H169N2O6P/c1-6-8-10-12-14-16-18-20-22-24-26-28-30-32-34-36-38-40-41-42-43-44-45-46-47-49-51-53-55-57-59-61-63-65-67-69-71-73-75-77-79-85(89)86-83(82-93-94(90,91)92-81-80-87(3,4)5)84(88)78-76-74-72-70-68-66-64-62-60-58-56-54-52-50-48-39-37-35-33-31-29-27-25-23-21-19-17-15-13-11-9-7-2/h68,70,76,78,83-84,88H,6-67,69,71-75,77,79-82H2,1-5H3,(H-,86,89,90,91)/p+1/b70-68+,78-76+. The summed E-state index contributed by atoms with van der Waals surface area (Å²) in [6.07, 6.45) is 103. The van der Waals surface area contributed by atoms with Gasteiger partial charge in [-0.25, -0.2) is 4.57 Å². The highest BCUT2D eigenvalue weighted by molar-refractivity contribution is 7.47. The third kappa shape index (κ3) is 78.3. The second kappa shape index (κ2) is 76.2. The second-order valence-electron chi connectivity index (χ2n) is 30.9. The van der Waals surface area contributed by atoms with E-state index >= 15 is 0 Å². The molecule has 0 saturated heterocycles. The first-order valence-electron chi connectivity index (χ1n) is 42.7. The highest BCUT2D eigenvalue weighted by Crippen LogP contribution is 2.43. The summed E-state index contributed by atoms with van der Waals surface area (Å²) < 4.78 is 23.9. The van der Waals surface area contributed by atoms with Crippen LogP contribution in [0.1, 0.15) is 463 Å². The molecular formula is C85H170N2O6P+. The molecule has 0 aliphatic heterocycles. The molecule has 3 unspecified atom stereocenters. The topological polar surface area (TPSA) is 105 Å². The Kier molecular flexibility index (Phi) is 75.3. The Morgan fingerprint density at radius 2 is 0.585 bits per heavy atom. The summed E-state index contributed by atoms with van der Waals surface area (Å²) in [7, 11) is 1.58. The molecule has 0 aromatic carbocycles. The summed E-state index contributed by atoms with van der Waals surface area (Å²) in [4.78, 5) is 23.5. The molecule has 0 aromatic rings. The van der Waals surface area contributed by atoms with E-state index in [-0.39, 0.29) is 19.1 Å². The molecule has 0 bridgehead atoms. The number of phosphoric ester groups is 1. The normalized spacial score (nSPS) is 13.5. The number of nitrogens with one attached hydrogen (secondary N) is 1. The fourth-order valence-corrected chi connectivity index (χ4v) is 14.3. The van der Waals surface area contributed by atoms with Crippen molar-refractivity contribution in [3.8, 4) is 0 Å². The minimum Gasteiger partial charge on any atom is -0.387 e. The van der Waals surface area contributed by atoms with Gasteiger partial charge in [0.1, 0.15) is 13.2 Å². The Morgan fingerprint density at radius 1 is 0.351 bits per heavy atom. The predicted molar refractivity (Wildman–Crippen MR) is 415 cm³/mol. The van der Waals surface area contributed by atoms with Crippen molar-refractivity contribution in [1.82, 2.24) is 5.32 Å². The minimum atomic E-state index is -4.36. The number of allylic oxidation sites excluding steroid dienone is 3. The number of hydrogen-bond acceptors (Lipinski definition) is 5. The number of aliphatic hydroxyl groups is 1. The highest BCUT2D eigenvalue weighted by Gasteiger charge is 2.28. The maximum absolute atomic E-state index is 13.1. The van der Waals surface area contributed by atoms with Gasteiger partial charge in [-0.1, -0.05) is 449 Å². The molecule has 0 aliphatic rings. The van der Waals surface area contributed by atoms with Crippen molar-refractivity contribution in [2.24, 2.45) is 0 Å². The first-order chi connectivity index (χ1) is 46.0. The monoisotopic (exact) mass is 1350 g/mol. The van der Waals surface area contributed by atoms with Crippen LogP contribution >= 0.6 is 7.82 Å². The molecule has 0 aliphatic carbocycles. The van der Waals surface area contributed by atoms with Gasteiger partial charge in [0.2, 0.25) is 5.91 Å². The fraction of sp³-hybridized carbons (Fsp3) is 0.941. The van der Waals surface area contributed by atoms with Crippen molar-refractivity contribution >= 4 is 13.7 Å². The summed E-state index contributed by atoms with van der Waals surface area (Å²) in [6.45, 7) is 4.88. The van der Waals surface area contributed by atoms with Crippen LogP contribution in [0.25, 0.3) is 0 Å². The SMILES string of the molecule is CCCCCCCCCCCCCCCCCCCCCCCCCCCC/C=C/CC/C=C/C(O)C(COP(=O)(O)OCC[N+](C)(C)C)NC(=O)CCCCCCCCCCCCCCCCCCCCCCCCCCCCCCCCCCCCCCCCCC. The van der Waals surface area contributed by atoms with E-state index < -0.39 is 20.0 Å². The number of quaternary nitrogens is 1. The third-order valence-corrected chi connectivity index (χ3v) is 21.2. The third-order valence-electron chi connectivity index (χ3n) is 20.2. The molecule has 560 valence electrons. The van der Waals surface area contributed by atoms with Gasteiger partial charge >= 0.3 is 7.82 Å². The first kappa shape index (κ1) is 93.0. The lowest BCUT2D eigenvalue weighted by Crippen LogP contribution is -2.45. The molecular weight excluding hydrogens is 1180 g/mol. The highest BCUT2D eigenvalue weighted by atomic mass is 31.2. The number of nitrogens with zero attached hydrogens (tertiary/aromatic N) is 1. The van der Waals surface area contributed by atoms with Crippen LogP contribution in [0, 0.1) is 0 Å². The Labute approximate surface area is 589 Å². The molecule has 3 atom stereocenters. The van der Waals surface area contributed by atoms with E-state index in [9.17, 15) is 19.4 Å². The van der Waals surface area contributed by atoms with Gasteiger partial charge in [-0.15, -0.1) is 0 Å². The van der Waals surface area contributed by atoms with E-state index in [1.165, 1.54) is 405 Å². The Balaban J connectivity index is 3.91. The molecule has 8 nitrogen and oxygen atoms in total. The average Bonchev–Trinajstić information content (AvgIpc) is 1.27. The molecule has 0 fully saturated rings. The van der Waals surface area contributed by atoms with Crippen molar-refractivity contribution in [2.75, 3.05) is 40.9 Å². The van der Waals surface area contributed by atoms with E-state index in [0.717, 1.165) is 38.5 Å². The van der Waals surface area contributed by atoms with Crippen LogP contribution in [0.15, 0.2) is 24.3 Å². The zero-order chi connectivity index (χ0) is 68.3. The van der Waals surface area contributed by atoms with Crippen LogP contribution in [0.5, 0.6) is 0 Å². The van der Waals surface area contributed by atoms with Crippen LogP contribution < -0.4 is 5.32 Å². The number of carbonyl (C=O) groups is 1. The lowest BCUT2D eigenvalue weighted by molar-refractivity contribution is -0.870. The molecule has 3 N–H and O–H groups in total. The zero-order valence-electron chi connectivity index (χ0n) is 64.5. The number of unbranched alkanes of at least 4 members (excludes halogenated alkanes) is 66. The van der Waals surface area contributed by atoms with Crippen LogP contribution in [-0.4, -0.2) is 73.4 Å². The van der Waals surface area contributed by atoms with Gasteiger partial charge in [0.05, 0.1) is 39.9 Å². The molecule has 0 aromatic heterocycles. The van der Waals surface area contributed by atoms with Crippen LogP contribution in [0.4, 0.5) is 0 Å². The fourth-order valence-electron chi connectivity index (χ4n) is 13.6. The van der Waals surface area contributed by atoms with E-state index in [2.05, 4.69) is 31.3 Å². The lowest BCUT2D eigenvalue weighted by atomic mass is 10.0. The molecule has 0 spiro atoms. The molecule has 1 amide bonds. The number of rotatable bonds is 81. The van der Waals surface area contributed by atoms with E-state index in [1.54, 1.807) is 6.08 Å². The van der Waals surface area contributed by atoms with Crippen molar-refractivity contribution < 1.29 is 32.9 Å². The Bertz CT molecular complexity index is 1580.